The van der Waals surface area contributed by atoms with Gasteiger partial charge in [0.05, 0.1) is 24.3 Å². The zero-order valence-electron chi connectivity index (χ0n) is 14.9. The monoisotopic (exact) mass is 419 g/mol. The van der Waals surface area contributed by atoms with E-state index < -0.39 is 15.9 Å². The summed E-state index contributed by atoms with van der Waals surface area (Å²) >= 11 is 6.04. The van der Waals surface area contributed by atoms with Gasteiger partial charge in [0.25, 0.3) is 5.91 Å². The molecule has 8 heteroatoms. The molecule has 28 heavy (non-hydrogen) atoms. The molecule has 1 aliphatic heterocycles. The van der Waals surface area contributed by atoms with Gasteiger partial charge in [-0.2, -0.15) is 0 Å². The van der Waals surface area contributed by atoms with E-state index in [1.165, 1.54) is 11.2 Å². The predicted octanol–water partition coefficient (Wildman–Crippen LogP) is 4.02. The molecule has 0 bridgehead atoms. The topological polar surface area (TPSA) is 80.7 Å². The summed E-state index contributed by atoms with van der Waals surface area (Å²) in [6.45, 7) is 0.153. The molecule has 6 nitrogen and oxygen atoms in total. The van der Waals surface area contributed by atoms with Crippen molar-refractivity contribution in [3.05, 3.63) is 71.3 Å². The van der Waals surface area contributed by atoms with E-state index >= 15 is 0 Å². The van der Waals surface area contributed by atoms with Crippen molar-refractivity contribution in [3.63, 3.8) is 0 Å². The minimum absolute atomic E-state index is 0.0543. The lowest BCUT2D eigenvalue weighted by Crippen LogP contribution is -2.40. The molecule has 0 N–H and O–H groups in total. The van der Waals surface area contributed by atoms with Crippen LogP contribution in [0.25, 0.3) is 11.3 Å². The van der Waals surface area contributed by atoms with Crippen molar-refractivity contribution in [2.75, 3.05) is 11.5 Å². The maximum absolute atomic E-state index is 12.9. The minimum atomic E-state index is -3.15. The van der Waals surface area contributed by atoms with Crippen LogP contribution in [0.3, 0.4) is 0 Å². The highest BCUT2D eigenvalue weighted by molar-refractivity contribution is 7.91. The molecule has 1 atom stereocenters. The molecule has 2 aromatic heterocycles. The van der Waals surface area contributed by atoms with Crippen molar-refractivity contribution in [1.82, 2.24) is 4.90 Å². The molecule has 3 heterocycles. The van der Waals surface area contributed by atoms with Crippen molar-refractivity contribution in [2.45, 2.75) is 19.0 Å². The molecule has 0 spiro atoms. The number of carbonyl (C=O) groups excluding carboxylic acids is 1. The molecule has 4 rings (SSSR count). The van der Waals surface area contributed by atoms with E-state index in [4.69, 9.17) is 20.4 Å². The quantitative estimate of drug-likeness (QED) is 0.623. The van der Waals surface area contributed by atoms with Gasteiger partial charge < -0.3 is 13.7 Å². The molecular formula is C20H18ClNO5S. The molecule has 3 aromatic rings. The summed E-state index contributed by atoms with van der Waals surface area (Å²) in [6, 6.07) is 13.6. The molecule has 1 saturated heterocycles. The van der Waals surface area contributed by atoms with Crippen molar-refractivity contribution in [2.24, 2.45) is 0 Å². The third-order valence-corrected chi connectivity index (χ3v) is 6.72. The second-order valence-corrected chi connectivity index (χ2v) is 9.41. The highest BCUT2D eigenvalue weighted by Crippen LogP contribution is 2.27. The SMILES string of the molecule is O=C(c1ccco1)N(Cc1ccc(-c2cccc(Cl)c2)o1)[C@H]1CCS(=O)(=O)C1. The van der Waals surface area contributed by atoms with Crippen LogP contribution in [0.2, 0.25) is 5.02 Å². The van der Waals surface area contributed by atoms with E-state index in [0.29, 0.717) is 23.0 Å². The molecule has 0 unspecified atom stereocenters. The van der Waals surface area contributed by atoms with Crippen molar-refractivity contribution >= 4 is 27.3 Å². The molecule has 1 fully saturated rings. The van der Waals surface area contributed by atoms with Crippen LogP contribution < -0.4 is 0 Å². The lowest BCUT2D eigenvalue weighted by molar-refractivity contribution is 0.0634. The van der Waals surface area contributed by atoms with Crippen LogP contribution in [0, 0.1) is 0 Å². The largest absolute Gasteiger partial charge is 0.459 e. The van der Waals surface area contributed by atoms with E-state index in [1.54, 1.807) is 30.3 Å². The molecule has 1 aromatic carbocycles. The fourth-order valence-electron chi connectivity index (χ4n) is 3.36. The number of amides is 1. The number of hydrogen-bond acceptors (Lipinski definition) is 5. The van der Waals surface area contributed by atoms with Crippen LogP contribution in [0.5, 0.6) is 0 Å². The Kier molecular flexibility index (Phi) is 5.03. The van der Waals surface area contributed by atoms with Gasteiger partial charge in [-0.15, -0.1) is 0 Å². The van der Waals surface area contributed by atoms with Crippen molar-refractivity contribution in [1.29, 1.82) is 0 Å². The number of carbonyl (C=O) groups is 1. The van der Waals surface area contributed by atoms with E-state index in [0.717, 1.165) is 5.56 Å². The Morgan fingerprint density at radius 2 is 2.04 bits per heavy atom. The molecule has 1 aliphatic rings. The van der Waals surface area contributed by atoms with Crippen LogP contribution in [0.15, 0.2) is 63.6 Å². The molecule has 0 saturated carbocycles. The smallest absolute Gasteiger partial charge is 0.290 e. The van der Waals surface area contributed by atoms with Crippen LogP contribution in [0.4, 0.5) is 0 Å². The van der Waals surface area contributed by atoms with E-state index in [-0.39, 0.29) is 29.7 Å². The Labute approximate surface area is 167 Å². The summed E-state index contributed by atoms with van der Waals surface area (Å²) < 4.78 is 35.0. The lowest BCUT2D eigenvalue weighted by Gasteiger charge is -2.26. The van der Waals surface area contributed by atoms with Gasteiger partial charge in [0.15, 0.2) is 15.6 Å². The van der Waals surface area contributed by atoms with E-state index in [2.05, 4.69) is 0 Å². The summed E-state index contributed by atoms with van der Waals surface area (Å²) in [6.07, 6.45) is 1.82. The first-order chi connectivity index (χ1) is 13.4. The first-order valence-electron chi connectivity index (χ1n) is 8.81. The Bertz CT molecular complexity index is 1090. The molecular weight excluding hydrogens is 402 g/mol. The maximum atomic E-state index is 12.9. The third kappa shape index (κ3) is 4.00. The number of nitrogens with zero attached hydrogens (tertiary/aromatic N) is 1. The van der Waals surface area contributed by atoms with Gasteiger partial charge >= 0.3 is 0 Å². The standard InChI is InChI=1S/C20H18ClNO5S/c21-15-4-1-3-14(11-15)18-7-6-17(27-18)12-22(16-8-10-28(24,25)13-16)20(23)19-5-2-9-26-19/h1-7,9,11,16H,8,10,12-13H2/t16-/m0/s1. The minimum Gasteiger partial charge on any atom is -0.459 e. The van der Waals surface area contributed by atoms with Gasteiger partial charge in [0.1, 0.15) is 11.5 Å². The van der Waals surface area contributed by atoms with Crippen LogP contribution in [0.1, 0.15) is 22.7 Å². The van der Waals surface area contributed by atoms with Crippen molar-refractivity contribution in [3.8, 4) is 11.3 Å². The fourth-order valence-corrected chi connectivity index (χ4v) is 5.28. The van der Waals surface area contributed by atoms with E-state index in [1.807, 2.05) is 18.2 Å². The zero-order chi connectivity index (χ0) is 19.7. The van der Waals surface area contributed by atoms with Gasteiger partial charge in [0.2, 0.25) is 0 Å². The second kappa shape index (κ2) is 7.48. The van der Waals surface area contributed by atoms with Gasteiger partial charge in [-0.1, -0.05) is 23.7 Å². The highest BCUT2D eigenvalue weighted by Gasteiger charge is 2.36. The Balaban J connectivity index is 1.60. The normalized spacial score (nSPS) is 18.2. The molecule has 146 valence electrons. The van der Waals surface area contributed by atoms with Gasteiger partial charge in [-0.05, 0) is 42.8 Å². The second-order valence-electron chi connectivity index (χ2n) is 6.74. The molecule has 0 aliphatic carbocycles. The number of hydrogen-bond donors (Lipinski definition) is 0. The van der Waals surface area contributed by atoms with Crippen molar-refractivity contribution < 1.29 is 22.0 Å². The van der Waals surface area contributed by atoms with Crippen LogP contribution in [-0.4, -0.2) is 36.8 Å². The van der Waals surface area contributed by atoms with Crippen LogP contribution >= 0.6 is 11.6 Å². The fraction of sp³-hybridized carbons (Fsp3) is 0.250. The number of rotatable bonds is 5. The van der Waals surface area contributed by atoms with Crippen LogP contribution in [-0.2, 0) is 16.4 Å². The maximum Gasteiger partial charge on any atom is 0.290 e. The van der Waals surface area contributed by atoms with Gasteiger partial charge in [0, 0.05) is 16.6 Å². The average Bonchev–Trinajstić information content (AvgIpc) is 3.40. The molecule has 0 radical (unpaired) electrons. The Morgan fingerprint density at radius 1 is 1.18 bits per heavy atom. The summed E-state index contributed by atoms with van der Waals surface area (Å²) in [5, 5.41) is 0.598. The summed E-state index contributed by atoms with van der Waals surface area (Å²) in [5.74, 6) is 1.02. The number of benzene rings is 1. The van der Waals surface area contributed by atoms with Gasteiger partial charge in [-0.3, -0.25) is 4.79 Å². The summed E-state index contributed by atoms with van der Waals surface area (Å²) in [4.78, 5) is 14.4. The number of sulfone groups is 1. The summed E-state index contributed by atoms with van der Waals surface area (Å²) in [7, 11) is -3.15. The van der Waals surface area contributed by atoms with Gasteiger partial charge in [-0.25, -0.2) is 8.42 Å². The number of furan rings is 2. The third-order valence-electron chi connectivity index (χ3n) is 4.74. The number of halogens is 1. The lowest BCUT2D eigenvalue weighted by atomic mass is 10.2. The van der Waals surface area contributed by atoms with E-state index in [9.17, 15) is 13.2 Å². The predicted molar refractivity (Wildman–Crippen MR) is 105 cm³/mol. The first kappa shape index (κ1) is 18.8. The Hall–Kier alpha value is -2.51. The highest BCUT2D eigenvalue weighted by atomic mass is 35.5. The Morgan fingerprint density at radius 3 is 2.71 bits per heavy atom. The molecule has 1 amide bonds. The summed E-state index contributed by atoms with van der Waals surface area (Å²) in [5.41, 5.74) is 0.825. The average molecular weight is 420 g/mol. The first-order valence-corrected chi connectivity index (χ1v) is 11.0. The zero-order valence-corrected chi connectivity index (χ0v) is 16.4.